The van der Waals surface area contributed by atoms with Gasteiger partial charge in [0.1, 0.15) is 5.76 Å². The monoisotopic (exact) mass is 315 g/mol. The second kappa shape index (κ2) is 6.66. The van der Waals surface area contributed by atoms with Crippen molar-refractivity contribution in [3.05, 3.63) is 36.2 Å². The van der Waals surface area contributed by atoms with Crippen molar-refractivity contribution >= 4 is 5.82 Å². The van der Waals surface area contributed by atoms with Crippen LogP contribution < -0.4 is 10.2 Å². The molecule has 6 nitrogen and oxygen atoms in total. The molecule has 3 rings (SSSR count). The van der Waals surface area contributed by atoms with Crippen LogP contribution in [0, 0.1) is 0 Å². The van der Waals surface area contributed by atoms with Gasteiger partial charge in [0.25, 0.3) is 0 Å². The van der Waals surface area contributed by atoms with Crippen molar-refractivity contribution in [1.29, 1.82) is 0 Å². The number of piperidine rings is 1. The zero-order valence-electron chi connectivity index (χ0n) is 14.1. The molecule has 1 saturated heterocycles. The van der Waals surface area contributed by atoms with Gasteiger partial charge in [-0.1, -0.05) is 20.8 Å². The predicted molar refractivity (Wildman–Crippen MR) is 89.3 cm³/mol. The summed E-state index contributed by atoms with van der Waals surface area (Å²) < 4.78 is 5.84. The topological polar surface area (TPSA) is 67.1 Å². The first-order chi connectivity index (χ1) is 11.0. The minimum Gasteiger partial charge on any atom is -0.444 e. The summed E-state index contributed by atoms with van der Waals surface area (Å²) >= 11 is 0. The number of hydrogen-bond donors (Lipinski definition) is 1. The Morgan fingerprint density at radius 2 is 2.26 bits per heavy atom. The average Bonchev–Trinajstić information content (AvgIpc) is 3.03. The summed E-state index contributed by atoms with van der Waals surface area (Å²) in [6.07, 6.45) is 5.85. The molecule has 0 aliphatic carbocycles. The van der Waals surface area contributed by atoms with Crippen LogP contribution in [-0.4, -0.2) is 34.3 Å². The highest BCUT2D eigenvalue weighted by atomic mass is 16.4. The van der Waals surface area contributed by atoms with E-state index in [2.05, 4.69) is 46.2 Å². The van der Waals surface area contributed by atoms with E-state index in [-0.39, 0.29) is 5.41 Å². The molecule has 0 radical (unpaired) electrons. The number of aromatic nitrogens is 3. The smallest absolute Gasteiger partial charge is 0.208 e. The first-order valence-corrected chi connectivity index (χ1v) is 8.23. The molecule has 0 saturated carbocycles. The van der Waals surface area contributed by atoms with E-state index >= 15 is 0 Å². The molecule has 0 bridgehead atoms. The minimum atomic E-state index is -0.00112. The third kappa shape index (κ3) is 4.07. The third-order valence-corrected chi connectivity index (χ3v) is 4.14. The summed E-state index contributed by atoms with van der Waals surface area (Å²) in [5.74, 6) is 2.64. The van der Waals surface area contributed by atoms with Crippen molar-refractivity contribution < 1.29 is 4.42 Å². The molecule has 0 unspecified atom stereocenters. The number of nitrogens with zero attached hydrogens (tertiary/aromatic N) is 4. The Balaban J connectivity index is 1.55. The summed E-state index contributed by atoms with van der Waals surface area (Å²) in [5.41, 5.74) is -0.00112. The van der Waals surface area contributed by atoms with Gasteiger partial charge in [-0.3, -0.25) is 0 Å². The normalized spacial score (nSPS) is 19.1. The van der Waals surface area contributed by atoms with Gasteiger partial charge in [-0.2, -0.15) is 5.10 Å². The summed E-state index contributed by atoms with van der Waals surface area (Å²) in [7, 11) is 0. The van der Waals surface area contributed by atoms with Crippen LogP contribution in [0.15, 0.2) is 28.9 Å². The molecule has 2 aromatic rings. The number of oxazole rings is 1. The van der Waals surface area contributed by atoms with Crippen molar-refractivity contribution in [3.8, 4) is 0 Å². The highest BCUT2D eigenvalue weighted by Gasteiger charge is 2.22. The Morgan fingerprint density at radius 1 is 1.39 bits per heavy atom. The first-order valence-electron chi connectivity index (χ1n) is 8.23. The van der Waals surface area contributed by atoms with Crippen molar-refractivity contribution in [2.24, 2.45) is 0 Å². The average molecular weight is 315 g/mol. The molecule has 1 aliphatic heterocycles. The second-order valence-corrected chi connectivity index (χ2v) is 7.12. The van der Waals surface area contributed by atoms with E-state index in [1.165, 1.54) is 0 Å². The summed E-state index contributed by atoms with van der Waals surface area (Å²) in [4.78, 5) is 6.66. The molecule has 2 aromatic heterocycles. The highest BCUT2D eigenvalue weighted by Crippen LogP contribution is 2.23. The fourth-order valence-electron chi connectivity index (χ4n) is 2.78. The molecule has 0 spiro atoms. The molecule has 23 heavy (non-hydrogen) atoms. The van der Waals surface area contributed by atoms with Crippen molar-refractivity contribution in [2.45, 2.75) is 51.6 Å². The molecule has 1 N–H and O–H groups in total. The quantitative estimate of drug-likeness (QED) is 0.935. The number of hydrogen-bond acceptors (Lipinski definition) is 6. The van der Waals surface area contributed by atoms with E-state index < -0.39 is 0 Å². The lowest BCUT2D eigenvalue weighted by Crippen LogP contribution is -2.45. The van der Waals surface area contributed by atoms with E-state index in [1.54, 1.807) is 6.20 Å². The summed E-state index contributed by atoms with van der Waals surface area (Å²) in [5, 5.41) is 11.7. The first kappa shape index (κ1) is 15.9. The number of nitrogens with one attached hydrogen (secondary N) is 1. The zero-order chi connectivity index (χ0) is 16.3. The van der Waals surface area contributed by atoms with Crippen LogP contribution in [0.1, 0.15) is 45.3 Å². The Morgan fingerprint density at radius 3 is 2.96 bits per heavy atom. The fraction of sp³-hybridized carbons (Fsp3) is 0.588. The molecule has 0 aromatic carbocycles. The lowest BCUT2D eigenvalue weighted by atomic mass is 9.94. The summed E-state index contributed by atoms with van der Waals surface area (Å²) in [6.45, 7) is 9.02. The van der Waals surface area contributed by atoms with E-state index in [9.17, 15) is 0 Å². The SMILES string of the molecule is CC(C)(C)c1cnc(CN[C@@H]2CCCN(c3cccnn3)C2)o1. The Labute approximate surface area is 137 Å². The van der Waals surface area contributed by atoms with E-state index in [0.717, 1.165) is 43.4 Å². The highest BCUT2D eigenvalue weighted by molar-refractivity contribution is 5.37. The van der Waals surface area contributed by atoms with E-state index in [0.29, 0.717) is 12.6 Å². The maximum Gasteiger partial charge on any atom is 0.208 e. The largest absolute Gasteiger partial charge is 0.444 e. The van der Waals surface area contributed by atoms with E-state index in [4.69, 9.17) is 4.42 Å². The van der Waals surface area contributed by atoms with Gasteiger partial charge >= 0.3 is 0 Å². The van der Waals surface area contributed by atoms with Crippen LogP contribution in [0.4, 0.5) is 5.82 Å². The standard InChI is InChI=1S/C17H25N5O/c1-17(2,3)14-10-19-16(23-14)11-18-13-6-5-9-22(12-13)15-7-4-8-20-21-15/h4,7-8,10,13,18H,5-6,9,11-12H2,1-3H3/t13-/m1/s1. The van der Waals surface area contributed by atoms with Gasteiger partial charge < -0.3 is 14.6 Å². The Bertz CT molecular complexity index is 619. The molecule has 3 heterocycles. The maximum absolute atomic E-state index is 5.84. The minimum absolute atomic E-state index is 0.00112. The van der Waals surface area contributed by atoms with Crippen LogP contribution >= 0.6 is 0 Å². The lowest BCUT2D eigenvalue weighted by molar-refractivity contribution is 0.352. The van der Waals surface area contributed by atoms with E-state index in [1.807, 2.05) is 18.3 Å². The second-order valence-electron chi connectivity index (χ2n) is 7.12. The van der Waals surface area contributed by atoms with Gasteiger partial charge in [0.15, 0.2) is 5.82 Å². The molecule has 6 heteroatoms. The predicted octanol–water partition coefficient (Wildman–Crippen LogP) is 2.52. The van der Waals surface area contributed by atoms with Gasteiger partial charge in [0.2, 0.25) is 5.89 Å². The Kier molecular flexibility index (Phi) is 4.61. The summed E-state index contributed by atoms with van der Waals surface area (Å²) in [6, 6.07) is 4.36. The van der Waals surface area contributed by atoms with Crippen molar-refractivity contribution in [2.75, 3.05) is 18.0 Å². The van der Waals surface area contributed by atoms with Gasteiger partial charge in [-0.25, -0.2) is 4.98 Å². The molecule has 1 fully saturated rings. The van der Waals surface area contributed by atoms with Crippen LogP contribution in [0.25, 0.3) is 0 Å². The zero-order valence-corrected chi connectivity index (χ0v) is 14.1. The number of rotatable bonds is 4. The molecule has 1 aliphatic rings. The van der Waals surface area contributed by atoms with Gasteiger partial charge in [0, 0.05) is 30.7 Å². The lowest BCUT2D eigenvalue weighted by Gasteiger charge is -2.33. The van der Waals surface area contributed by atoms with Gasteiger partial charge in [0.05, 0.1) is 12.7 Å². The number of anilines is 1. The molecular formula is C17H25N5O. The van der Waals surface area contributed by atoms with Crippen molar-refractivity contribution in [3.63, 3.8) is 0 Å². The van der Waals surface area contributed by atoms with Crippen LogP contribution in [0.5, 0.6) is 0 Å². The van der Waals surface area contributed by atoms with Crippen LogP contribution in [-0.2, 0) is 12.0 Å². The molecular weight excluding hydrogens is 290 g/mol. The maximum atomic E-state index is 5.84. The van der Waals surface area contributed by atoms with Gasteiger partial charge in [-0.15, -0.1) is 5.10 Å². The molecule has 124 valence electrons. The molecule has 1 atom stereocenters. The van der Waals surface area contributed by atoms with Crippen LogP contribution in [0.2, 0.25) is 0 Å². The van der Waals surface area contributed by atoms with Crippen LogP contribution in [0.3, 0.4) is 0 Å². The fourth-order valence-corrected chi connectivity index (χ4v) is 2.78. The molecule has 0 amide bonds. The van der Waals surface area contributed by atoms with Crippen molar-refractivity contribution in [1.82, 2.24) is 20.5 Å². The Hall–Kier alpha value is -1.95. The third-order valence-electron chi connectivity index (χ3n) is 4.14. The van der Waals surface area contributed by atoms with Gasteiger partial charge in [-0.05, 0) is 25.0 Å².